The molecule has 1 aliphatic rings. The highest BCUT2D eigenvalue weighted by Crippen LogP contribution is 2.29. The largest absolute Gasteiger partial charge is 0.396 e. The van der Waals surface area contributed by atoms with Crippen LogP contribution in [0.4, 0.5) is 17.3 Å². The Balaban J connectivity index is 1.56. The Bertz CT molecular complexity index is 1070. The second-order valence-electron chi connectivity index (χ2n) is 7.10. The lowest BCUT2D eigenvalue weighted by atomic mass is 10.1. The molecule has 2 aromatic heterocycles. The van der Waals surface area contributed by atoms with E-state index >= 15 is 0 Å². The Morgan fingerprint density at radius 3 is 2.94 bits per heavy atom. The third-order valence-corrected chi connectivity index (χ3v) is 4.88. The van der Waals surface area contributed by atoms with Gasteiger partial charge in [0.2, 0.25) is 5.95 Å². The zero-order chi connectivity index (χ0) is 21.5. The number of allylic oxidation sites excluding steroid dienone is 2. The average molecular weight is 415 g/mol. The number of rotatable bonds is 8. The molecule has 1 aromatic carbocycles. The highest BCUT2D eigenvalue weighted by Gasteiger charge is 2.18. The fourth-order valence-electron chi connectivity index (χ4n) is 3.24. The van der Waals surface area contributed by atoms with Crippen molar-refractivity contribution in [3.63, 3.8) is 0 Å². The normalized spacial score (nSPS) is 15.3. The first-order chi connectivity index (χ1) is 15.2. The van der Waals surface area contributed by atoms with Crippen molar-refractivity contribution in [1.82, 2.24) is 15.0 Å². The van der Waals surface area contributed by atoms with E-state index in [0.717, 1.165) is 28.2 Å². The van der Waals surface area contributed by atoms with Crippen LogP contribution >= 0.6 is 0 Å². The van der Waals surface area contributed by atoms with Crippen LogP contribution in [-0.2, 0) is 4.74 Å². The van der Waals surface area contributed by atoms with E-state index in [0.29, 0.717) is 19.0 Å². The van der Waals surface area contributed by atoms with Crippen molar-refractivity contribution >= 4 is 17.3 Å². The molecule has 7 heteroatoms. The number of aliphatic hydroxyl groups excluding tert-OH is 1. The highest BCUT2D eigenvalue weighted by atomic mass is 16.5. The van der Waals surface area contributed by atoms with Crippen molar-refractivity contribution < 1.29 is 9.84 Å². The number of aryl methyl sites for hydroxylation is 1. The Kier molecular flexibility index (Phi) is 6.66. The van der Waals surface area contributed by atoms with Crippen LogP contribution < -0.4 is 10.2 Å². The summed E-state index contributed by atoms with van der Waals surface area (Å²) in [5, 5.41) is 12.4. The van der Waals surface area contributed by atoms with E-state index in [1.54, 1.807) is 18.6 Å². The number of hydrogen-bond donors (Lipinski definition) is 2. The van der Waals surface area contributed by atoms with E-state index < -0.39 is 0 Å². The lowest BCUT2D eigenvalue weighted by molar-refractivity contribution is 0.0755. The molecule has 7 nitrogen and oxygen atoms in total. The molecule has 2 N–H and O–H groups in total. The van der Waals surface area contributed by atoms with Gasteiger partial charge in [0.05, 0.1) is 12.3 Å². The molecule has 1 unspecified atom stereocenters. The second-order valence-corrected chi connectivity index (χ2v) is 7.10. The number of hydrogen-bond acceptors (Lipinski definition) is 7. The van der Waals surface area contributed by atoms with Gasteiger partial charge in [-0.2, -0.15) is 0 Å². The van der Waals surface area contributed by atoms with E-state index in [1.165, 1.54) is 0 Å². The fraction of sp³-hybridized carbons (Fsp3) is 0.208. The zero-order valence-electron chi connectivity index (χ0n) is 17.3. The van der Waals surface area contributed by atoms with Crippen LogP contribution in [0.5, 0.6) is 0 Å². The molecule has 0 radical (unpaired) electrons. The maximum atomic E-state index is 9.03. The third kappa shape index (κ3) is 5.14. The van der Waals surface area contributed by atoms with Crippen molar-refractivity contribution in [3.05, 3.63) is 85.0 Å². The Morgan fingerprint density at radius 2 is 2.10 bits per heavy atom. The van der Waals surface area contributed by atoms with Crippen molar-refractivity contribution in [2.45, 2.75) is 19.6 Å². The van der Waals surface area contributed by atoms with Gasteiger partial charge in [-0.1, -0.05) is 12.1 Å². The standard InChI is InChI=1S/C24H25N5O2/c1-18-8-9-20(29-13-3-2-7-23(29)31-15-5-14-30)16-22(18)28-24-26-12-10-21(27-24)19-6-4-11-25-17-19/h2-4,6-13,16-17,23,30H,5,14-15H2,1H3,(H,26,27,28). The molecule has 1 atom stereocenters. The highest BCUT2D eigenvalue weighted by molar-refractivity contribution is 5.68. The van der Waals surface area contributed by atoms with Gasteiger partial charge in [-0.25, -0.2) is 9.97 Å². The predicted octanol–water partition coefficient (Wildman–Crippen LogP) is 4.21. The summed E-state index contributed by atoms with van der Waals surface area (Å²) in [4.78, 5) is 15.2. The Labute approximate surface area is 181 Å². The van der Waals surface area contributed by atoms with Crippen LogP contribution in [0.2, 0.25) is 0 Å². The quantitative estimate of drug-likeness (QED) is 0.533. The summed E-state index contributed by atoms with van der Waals surface area (Å²) in [7, 11) is 0. The van der Waals surface area contributed by atoms with Crippen LogP contribution in [0.3, 0.4) is 0 Å². The third-order valence-electron chi connectivity index (χ3n) is 4.88. The van der Waals surface area contributed by atoms with Crippen LogP contribution in [0.25, 0.3) is 11.3 Å². The van der Waals surface area contributed by atoms with Crippen LogP contribution in [-0.4, -0.2) is 39.5 Å². The number of ether oxygens (including phenoxy) is 1. The van der Waals surface area contributed by atoms with Crippen molar-refractivity contribution in [3.8, 4) is 11.3 Å². The van der Waals surface area contributed by atoms with Crippen molar-refractivity contribution in [2.75, 3.05) is 23.4 Å². The van der Waals surface area contributed by atoms with E-state index in [2.05, 4.69) is 43.4 Å². The maximum absolute atomic E-state index is 9.03. The van der Waals surface area contributed by atoms with Crippen molar-refractivity contribution in [2.24, 2.45) is 0 Å². The van der Waals surface area contributed by atoms with E-state index in [-0.39, 0.29) is 12.8 Å². The molecule has 0 saturated heterocycles. The van der Waals surface area contributed by atoms with Gasteiger partial charge in [0.25, 0.3) is 0 Å². The van der Waals surface area contributed by atoms with Gasteiger partial charge in [-0.15, -0.1) is 0 Å². The number of aliphatic hydroxyl groups is 1. The summed E-state index contributed by atoms with van der Waals surface area (Å²) in [6.45, 7) is 2.64. The topological polar surface area (TPSA) is 83.4 Å². The summed E-state index contributed by atoms with van der Waals surface area (Å²) in [5.74, 6) is 0.520. The fourth-order valence-corrected chi connectivity index (χ4v) is 3.24. The number of aromatic nitrogens is 3. The summed E-state index contributed by atoms with van der Waals surface area (Å²) in [6.07, 6.45) is 13.5. The molecule has 0 bridgehead atoms. The van der Waals surface area contributed by atoms with Gasteiger partial charge in [-0.3, -0.25) is 4.98 Å². The van der Waals surface area contributed by atoms with Gasteiger partial charge >= 0.3 is 0 Å². The number of nitrogens with zero attached hydrogens (tertiary/aromatic N) is 4. The molecule has 3 heterocycles. The maximum Gasteiger partial charge on any atom is 0.227 e. The summed E-state index contributed by atoms with van der Waals surface area (Å²) < 4.78 is 5.92. The van der Waals surface area contributed by atoms with Crippen molar-refractivity contribution in [1.29, 1.82) is 0 Å². The molecule has 4 rings (SSSR count). The molecule has 0 fully saturated rings. The number of pyridine rings is 1. The number of anilines is 3. The van der Waals surface area contributed by atoms with E-state index in [1.807, 2.05) is 49.6 Å². The minimum Gasteiger partial charge on any atom is -0.396 e. The Hall–Kier alpha value is -3.55. The monoisotopic (exact) mass is 415 g/mol. The van der Waals surface area contributed by atoms with Gasteiger partial charge in [-0.05, 0) is 61.4 Å². The molecule has 31 heavy (non-hydrogen) atoms. The molecule has 3 aromatic rings. The first kappa shape index (κ1) is 20.7. The summed E-state index contributed by atoms with van der Waals surface area (Å²) in [6, 6.07) is 11.9. The molecular weight excluding hydrogens is 390 g/mol. The molecule has 1 aliphatic heterocycles. The number of benzene rings is 1. The van der Waals surface area contributed by atoms with Gasteiger partial charge in [0.15, 0.2) is 6.23 Å². The van der Waals surface area contributed by atoms with E-state index in [9.17, 15) is 0 Å². The van der Waals surface area contributed by atoms with Gasteiger partial charge in [0, 0.05) is 48.3 Å². The SMILES string of the molecule is Cc1ccc(N2C=CC=CC2OCCCO)cc1Nc1nccc(-c2cccnc2)n1. The van der Waals surface area contributed by atoms with Gasteiger partial charge < -0.3 is 20.1 Å². The summed E-state index contributed by atoms with van der Waals surface area (Å²) in [5.41, 5.74) is 4.71. The average Bonchev–Trinajstić information content (AvgIpc) is 2.82. The molecule has 0 amide bonds. The molecule has 158 valence electrons. The Morgan fingerprint density at radius 1 is 1.16 bits per heavy atom. The lowest BCUT2D eigenvalue weighted by Gasteiger charge is -2.30. The van der Waals surface area contributed by atoms with Crippen LogP contribution in [0, 0.1) is 6.92 Å². The number of nitrogens with one attached hydrogen (secondary N) is 1. The predicted molar refractivity (Wildman–Crippen MR) is 122 cm³/mol. The summed E-state index contributed by atoms with van der Waals surface area (Å²) >= 11 is 0. The lowest BCUT2D eigenvalue weighted by Crippen LogP contribution is -2.33. The minimum absolute atomic E-state index is 0.114. The smallest absolute Gasteiger partial charge is 0.227 e. The van der Waals surface area contributed by atoms with Gasteiger partial charge in [0.1, 0.15) is 0 Å². The second kappa shape index (κ2) is 9.97. The van der Waals surface area contributed by atoms with Crippen LogP contribution in [0.15, 0.2) is 79.4 Å². The van der Waals surface area contributed by atoms with E-state index in [4.69, 9.17) is 9.84 Å². The van der Waals surface area contributed by atoms with Crippen LogP contribution in [0.1, 0.15) is 12.0 Å². The molecule has 0 spiro atoms. The zero-order valence-corrected chi connectivity index (χ0v) is 17.3. The first-order valence-corrected chi connectivity index (χ1v) is 10.2. The molecule has 0 aliphatic carbocycles. The first-order valence-electron chi connectivity index (χ1n) is 10.2. The molecule has 0 saturated carbocycles. The minimum atomic E-state index is -0.225. The molecular formula is C24H25N5O2.